The van der Waals surface area contributed by atoms with Gasteiger partial charge in [0.2, 0.25) is 5.91 Å². The molecule has 2 heterocycles. The summed E-state index contributed by atoms with van der Waals surface area (Å²) < 4.78 is 0. The van der Waals surface area contributed by atoms with E-state index in [-0.39, 0.29) is 23.4 Å². The zero-order valence-electron chi connectivity index (χ0n) is 13.6. The molecule has 0 unspecified atom stereocenters. The van der Waals surface area contributed by atoms with E-state index in [9.17, 15) is 9.59 Å². The van der Waals surface area contributed by atoms with Gasteiger partial charge in [-0.15, -0.1) is 0 Å². The van der Waals surface area contributed by atoms with E-state index in [0.717, 1.165) is 49.8 Å². The number of carbonyl (C=O) groups excluding carboxylic acids is 1. The maximum absolute atomic E-state index is 12.2. The van der Waals surface area contributed by atoms with Gasteiger partial charge >= 0.3 is 0 Å². The fourth-order valence-corrected chi connectivity index (χ4v) is 3.29. The second kappa shape index (κ2) is 6.36. The smallest absolute Gasteiger partial charge is 0.271 e. The average molecular weight is 326 g/mol. The summed E-state index contributed by atoms with van der Waals surface area (Å²) >= 11 is 0. The Kier molecular flexibility index (Phi) is 4.06. The monoisotopic (exact) mass is 326 g/mol. The third kappa shape index (κ3) is 3.33. The van der Waals surface area contributed by atoms with Crippen molar-refractivity contribution in [2.45, 2.75) is 38.3 Å². The molecule has 1 aromatic heterocycles. The van der Waals surface area contributed by atoms with E-state index >= 15 is 0 Å². The first-order valence-electron chi connectivity index (χ1n) is 8.70. The second-order valence-electron chi connectivity index (χ2n) is 6.86. The van der Waals surface area contributed by atoms with Crippen LogP contribution in [0.25, 0.3) is 11.0 Å². The van der Waals surface area contributed by atoms with Gasteiger partial charge < -0.3 is 10.3 Å². The fourth-order valence-electron chi connectivity index (χ4n) is 3.29. The van der Waals surface area contributed by atoms with E-state index < -0.39 is 0 Å². The number of hydrogen-bond donors (Lipinski definition) is 2. The molecule has 1 aliphatic heterocycles. The van der Waals surface area contributed by atoms with Crippen LogP contribution < -0.4 is 10.9 Å². The Balaban J connectivity index is 1.37. The lowest BCUT2D eigenvalue weighted by Crippen LogP contribution is -2.45. The van der Waals surface area contributed by atoms with Crippen molar-refractivity contribution in [3.05, 3.63) is 40.3 Å². The lowest BCUT2D eigenvalue weighted by molar-refractivity contribution is -0.123. The van der Waals surface area contributed by atoms with Crippen LogP contribution in [-0.4, -0.2) is 39.9 Å². The quantitative estimate of drug-likeness (QED) is 0.890. The molecule has 2 fully saturated rings. The molecule has 0 radical (unpaired) electrons. The van der Waals surface area contributed by atoms with E-state index in [1.165, 1.54) is 0 Å². The van der Waals surface area contributed by atoms with Gasteiger partial charge in [0.05, 0.1) is 11.0 Å². The number of amides is 1. The van der Waals surface area contributed by atoms with E-state index in [4.69, 9.17) is 0 Å². The predicted octanol–water partition coefficient (Wildman–Crippen LogP) is 1.41. The molecule has 1 amide bonds. The summed E-state index contributed by atoms with van der Waals surface area (Å²) in [7, 11) is 0. The van der Waals surface area contributed by atoms with Crippen LogP contribution in [0.3, 0.4) is 0 Å². The van der Waals surface area contributed by atoms with E-state index in [2.05, 4.69) is 20.2 Å². The molecule has 6 heteroatoms. The summed E-state index contributed by atoms with van der Waals surface area (Å²) in [6.45, 7) is 2.32. The first-order chi connectivity index (χ1) is 11.7. The van der Waals surface area contributed by atoms with Crippen LogP contribution in [0.4, 0.5) is 0 Å². The molecule has 6 nitrogen and oxygen atoms in total. The third-order valence-corrected chi connectivity index (χ3v) is 4.93. The molecule has 0 atom stereocenters. The topological polar surface area (TPSA) is 78.1 Å². The summed E-state index contributed by atoms with van der Waals surface area (Å²) in [6.07, 6.45) is 3.95. The lowest BCUT2D eigenvalue weighted by atomic mass is 10.0. The maximum Gasteiger partial charge on any atom is 0.271 e. The largest absolute Gasteiger partial charge is 0.353 e. The molecule has 1 aromatic carbocycles. The van der Waals surface area contributed by atoms with Crippen molar-refractivity contribution in [2.75, 3.05) is 13.1 Å². The van der Waals surface area contributed by atoms with E-state index in [1.54, 1.807) is 0 Å². The van der Waals surface area contributed by atoms with Gasteiger partial charge in [0.1, 0.15) is 5.69 Å². The zero-order chi connectivity index (χ0) is 16.5. The van der Waals surface area contributed by atoms with Crippen molar-refractivity contribution in [1.82, 2.24) is 20.2 Å². The first-order valence-corrected chi connectivity index (χ1v) is 8.70. The number of aromatic nitrogens is 2. The summed E-state index contributed by atoms with van der Waals surface area (Å²) in [5.41, 5.74) is 2.04. The number of likely N-dealkylation sites (tertiary alicyclic amines) is 1. The highest BCUT2D eigenvalue weighted by atomic mass is 16.2. The highest BCUT2D eigenvalue weighted by molar-refractivity contribution is 5.81. The number of para-hydroxylation sites is 2. The number of rotatable bonds is 4. The van der Waals surface area contributed by atoms with Crippen molar-refractivity contribution < 1.29 is 4.79 Å². The SMILES string of the molecule is O=C(NC1CCN(Cc2nc3ccccc3[nH]c2=O)CC1)C1CC1. The molecule has 0 bridgehead atoms. The van der Waals surface area contributed by atoms with Crippen molar-refractivity contribution >= 4 is 16.9 Å². The van der Waals surface area contributed by atoms with Gasteiger partial charge in [-0.05, 0) is 37.8 Å². The molecule has 1 aliphatic carbocycles. The Morgan fingerprint density at radius 1 is 1.21 bits per heavy atom. The maximum atomic E-state index is 12.2. The summed E-state index contributed by atoms with van der Waals surface area (Å²) in [5, 5.41) is 3.15. The standard InChI is InChI=1S/C18H22N4O2/c23-17(12-5-6-12)19-13-7-9-22(10-8-13)11-16-18(24)21-15-4-2-1-3-14(15)20-16/h1-4,12-13H,5-11H2,(H,19,23)(H,21,24). The van der Waals surface area contributed by atoms with E-state index in [0.29, 0.717) is 12.2 Å². The number of piperidine rings is 1. The Labute approximate surface area is 140 Å². The Morgan fingerprint density at radius 3 is 2.71 bits per heavy atom. The first kappa shape index (κ1) is 15.3. The van der Waals surface area contributed by atoms with Gasteiger partial charge in [-0.25, -0.2) is 4.98 Å². The van der Waals surface area contributed by atoms with Crippen molar-refractivity contribution in [2.24, 2.45) is 5.92 Å². The van der Waals surface area contributed by atoms with Crippen LogP contribution in [0.15, 0.2) is 29.1 Å². The molecular weight excluding hydrogens is 304 g/mol. The molecule has 2 N–H and O–H groups in total. The number of nitrogens with one attached hydrogen (secondary N) is 2. The third-order valence-electron chi connectivity index (χ3n) is 4.93. The molecule has 2 aliphatic rings. The predicted molar refractivity (Wildman–Crippen MR) is 91.5 cm³/mol. The molecule has 4 rings (SSSR count). The number of nitrogens with zero attached hydrogens (tertiary/aromatic N) is 2. The minimum absolute atomic E-state index is 0.113. The van der Waals surface area contributed by atoms with E-state index in [1.807, 2.05) is 24.3 Å². The highest BCUT2D eigenvalue weighted by Gasteiger charge is 2.31. The molecule has 2 aromatic rings. The Morgan fingerprint density at radius 2 is 1.96 bits per heavy atom. The minimum Gasteiger partial charge on any atom is -0.353 e. The Bertz CT molecular complexity index is 804. The van der Waals surface area contributed by atoms with Gasteiger partial charge in [-0.3, -0.25) is 14.5 Å². The summed E-state index contributed by atoms with van der Waals surface area (Å²) in [4.78, 5) is 33.7. The van der Waals surface area contributed by atoms with Gasteiger partial charge in [0, 0.05) is 31.6 Å². The van der Waals surface area contributed by atoms with Crippen molar-refractivity contribution in [3.63, 3.8) is 0 Å². The highest BCUT2D eigenvalue weighted by Crippen LogP contribution is 2.29. The number of hydrogen-bond acceptors (Lipinski definition) is 4. The molecule has 24 heavy (non-hydrogen) atoms. The number of benzene rings is 1. The average Bonchev–Trinajstić information content (AvgIpc) is 3.42. The minimum atomic E-state index is -0.113. The summed E-state index contributed by atoms with van der Waals surface area (Å²) in [6, 6.07) is 7.86. The Hall–Kier alpha value is -2.21. The van der Waals surface area contributed by atoms with Crippen LogP contribution in [0.5, 0.6) is 0 Å². The van der Waals surface area contributed by atoms with Crippen LogP contribution in [0, 0.1) is 5.92 Å². The summed E-state index contributed by atoms with van der Waals surface area (Å²) in [5.74, 6) is 0.490. The van der Waals surface area contributed by atoms with Gasteiger partial charge in [0.25, 0.3) is 5.56 Å². The zero-order valence-corrected chi connectivity index (χ0v) is 13.6. The van der Waals surface area contributed by atoms with Crippen LogP contribution in [0.2, 0.25) is 0 Å². The number of aromatic amines is 1. The van der Waals surface area contributed by atoms with Crippen molar-refractivity contribution in [1.29, 1.82) is 0 Å². The number of fused-ring (bicyclic) bond motifs is 1. The molecular formula is C18H22N4O2. The van der Waals surface area contributed by atoms with Crippen molar-refractivity contribution in [3.8, 4) is 0 Å². The van der Waals surface area contributed by atoms with Crippen LogP contribution >= 0.6 is 0 Å². The second-order valence-corrected chi connectivity index (χ2v) is 6.86. The molecule has 0 spiro atoms. The molecule has 1 saturated heterocycles. The normalized spacial score (nSPS) is 19.5. The van der Waals surface area contributed by atoms with Crippen LogP contribution in [-0.2, 0) is 11.3 Å². The number of H-pyrrole nitrogens is 1. The van der Waals surface area contributed by atoms with Gasteiger partial charge in [-0.2, -0.15) is 0 Å². The molecule has 1 saturated carbocycles. The lowest BCUT2D eigenvalue weighted by Gasteiger charge is -2.32. The fraction of sp³-hybridized carbons (Fsp3) is 0.500. The van der Waals surface area contributed by atoms with Gasteiger partial charge in [0.15, 0.2) is 0 Å². The van der Waals surface area contributed by atoms with Crippen LogP contribution in [0.1, 0.15) is 31.4 Å². The van der Waals surface area contributed by atoms with Gasteiger partial charge in [-0.1, -0.05) is 12.1 Å². The number of carbonyl (C=O) groups is 1. The molecule has 126 valence electrons.